The van der Waals surface area contributed by atoms with Gasteiger partial charge in [0.25, 0.3) is 0 Å². The number of unbranched alkanes of at least 4 members (excludes halogenated alkanes) is 1. The molecule has 0 amide bonds. The monoisotopic (exact) mass is 423 g/mol. The number of ketones is 2. The lowest BCUT2D eigenvalue weighted by atomic mass is 9.70. The summed E-state index contributed by atoms with van der Waals surface area (Å²) >= 11 is 0. The second-order valence-corrected chi connectivity index (χ2v) is 9.45. The highest BCUT2D eigenvalue weighted by Gasteiger charge is 2.59. The summed E-state index contributed by atoms with van der Waals surface area (Å²) in [6.07, 6.45) is 2.28. The standard InChI is InChI=1S/C20H25NO7S/c1-2-3-11-28-14-7-9-15(10-8-14)29(26,27)21-13-20(12-16(21)19(24)25)17(22)5-4-6-18(20)23/h7-10,16H,2-6,11-13H2,1H3,(H,24,25)/t16-/m1/s1. The minimum absolute atomic E-state index is 0.0978. The van der Waals surface area contributed by atoms with Crippen LogP contribution in [0.2, 0.25) is 0 Å². The number of carboxylic acids is 1. The Labute approximate surface area is 169 Å². The second-order valence-electron chi connectivity index (χ2n) is 7.56. The molecule has 0 aromatic heterocycles. The third-order valence-electron chi connectivity index (χ3n) is 5.67. The van der Waals surface area contributed by atoms with Gasteiger partial charge in [-0.25, -0.2) is 8.42 Å². The van der Waals surface area contributed by atoms with Crippen LogP contribution in [0, 0.1) is 5.41 Å². The Morgan fingerprint density at radius 2 is 1.83 bits per heavy atom. The minimum atomic E-state index is -4.20. The number of hydrogen-bond donors (Lipinski definition) is 1. The molecule has 1 spiro atoms. The van der Waals surface area contributed by atoms with E-state index in [4.69, 9.17) is 4.74 Å². The van der Waals surface area contributed by atoms with E-state index in [-0.39, 0.29) is 35.7 Å². The van der Waals surface area contributed by atoms with Gasteiger partial charge < -0.3 is 9.84 Å². The van der Waals surface area contributed by atoms with E-state index in [1.165, 1.54) is 24.3 Å². The van der Waals surface area contributed by atoms with Crippen molar-refractivity contribution in [3.05, 3.63) is 24.3 Å². The maximum absolute atomic E-state index is 13.2. The van der Waals surface area contributed by atoms with Crippen LogP contribution in [0.3, 0.4) is 0 Å². The van der Waals surface area contributed by atoms with Crippen molar-refractivity contribution in [2.45, 2.75) is 56.4 Å². The molecular weight excluding hydrogens is 398 g/mol. The highest BCUT2D eigenvalue weighted by Crippen LogP contribution is 2.44. The Hall–Kier alpha value is -2.26. The van der Waals surface area contributed by atoms with Gasteiger partial charge in [-0.05, 0) is 43.5 Å². The van der Waals surface area contributed by atoms with Crippen LogP contribution < -0.4 is 4.74 Å². The number of aliphatic carboxylic acids is 1. The molecule has 0 bridgehead atoms. The lowest BCUT2D eigenvalue weighted by molar-refractivity contribution is -0.143. The van der Waals surface area contributed by atoms with Gasteiger partial charge in [-0.1, -0.05) is 13.3 Å². The molecule has 1 N–H and O–H groups in total. The molecule has 9 heteroatoms. The number of nitrogens with zero attached hydrogens (tertiary/aromatic N) is 1. The Morgan fingerprint density at radius 1 is 1.21 bits per heavy atom. The van der Waals surface area contributed by atoms with Gasteiger partial charge in [-0.2, -0.15) is 4.31 Å². The third-order valence-corrected chi connectivity index (χ3v) is 7.54. The zero-order valence-electron chi connectivity index (χ0n) is 16.3. The molecule has 1 atom stereocenters. The first-order valence-corrected chi connectivity index (χ1v) is 11.2. The first-order chi connectivity index (χ1) is 13.7. The van der Waals surface area contributed by atoms with E-state index < -0.39 is 34.0 Å². The van der Waals surface area contributed by atoms with Crippen LogP contribution in [0.25, 0.3) is 0 Å². The van der Waals surface area contributed by atoms with E-state index in [2.05, 4.69) is 0 Å². The Balaban J connectivity index is 1.89. The molecule has 1 saturated heterocycles. The van der Waals surface area contributed by atoms with Crippen molar-refractivity contribution in [1.82, 2.24) is 4.31 Å². The number of Topliss-reactive ketones (excluding diaryl/α,β-unsaturated/α-hetero) is 2. The van der Waals surface area contributed by atoms with E-state index in [0.717, 1.165) is 17.1 Å². The zero-order chi connectivity index (χ0) is 21.2. The number of ether oxygens (including phenoxy) is 1. The molecule has 1 aromatic carbocycles. The summed E-state index contributed by atoms with van der Waals surface area (Å²) in [5.41, 5.74) is -1.54. The van der Waals surface area contributed by atoms with Gasteiger partial charge in [0.05, 0.1) is 11.5 Å². The first-order valence-electron chi connectivity index (χ1n) is 9.76. The van der Waals surface area contributed by atoms with Crippen molar-refractivity contribution in [3.63, 3.8) is 0 Å². The smallest absolute Gasteiger partial charge is 0.322 e. The summed E-state index contributed by atoms with van der Waals surface area (Å²) in [7, 11) is -4.20. The van der Waals surface area contributed by atoms with E-state index in [1.54, 1.807) is 0 Å². The van der Waals surface area contributed by atoms with E-state index >= 15 is 0 Å². The van der Waals surface area contributed by atoms with E-state index in [9.17, 15) is 27.9 Å². The number of hydrogen-bond acceptors (Lipinski definition) is 6. The van der Waals surface area contributed by atoms with Gasteiger partial charge in [-0.3, -0.25) is 14.4 Å². The minimum Gasteiger partial charge on any atom is -0.494 e. The summed E-state index contributed by atoms with van der Waals surface area (Å²) in [5.74, 6) is -1.58. The average molecular weight is 423 g/mol. The second kappa shape index (κ2) is 8.23. The van der Waals surface area contributed by atoms with Gasteiger partial charge in [0.2, 0.25) is 10.0 Å². The Kier molecular flexibility index (Phi) is 6.09. The molecule has 2 aliphatic rings. The van der Waals surface area contributed by atoms with Crippen LogP contribution >= 0.6 is 0 Å². The summed E-state index contributed by atoms with van der Waals surface area (Å²) in [6.45, 7) is 2.13. The summed E-state index contributed by atoms with van der Waals surface area (Å²) < 4.78 is 32.6. The number of sulfonamides is 1. The van der Waals surface area contributed by atoms with Gasteiger partial charge in [0.15, 0.2) is 0 Å². The fourth-order valence-electron chi connectivity index (χ4n) is 3.96. The summed E-state index contributed by atoms with van der Waals surface area (Å²) in [6, 6.07) is 4.28. The average Bonchev–Trinajstić information content (AvgIpc) is 3.10. The van der Waals surface area contributed by atoms with Gasteiger partial charge in [0, 0.05) is 19.4 Å². The van der Waals surface area contributed by atoms with Crippen molar-refractivity contribution in [2.24, 2.45) is 5.41 Å². The molecule has 8 nitrogen and oxygen atoms in total. The van der Waals surface area contributed by atoms with E-state index in [1.807, 2.05) is 6.92 Å². The van der Waals surface area contributed by atoms with Crippen molar-refractivity contribution in [3.8, 4) is 5.75 Å². The quantitative estimate of drug-likeness (QED) is 0.526. The molecule has 3 rings (SSSR count). The molecule has 158 valence electrons. The lowest BCUT2D eigenvalue weighted by Gasteiger charge is -2.29. The molecule has 1 aliphatic heterocycles. The molecule has 2 fully saturated rings. The van der Waals surface area contributed by atoms with Gasteiger partial charge in [0.1, 0.15) is 28.8 Å². The van der Waals surface area contributed by atoms with Gasteiger partial charge in [-0.15, -0.1) is 0 Å². The Morgan fingerprint density at radius 3 is 2.38 bits per heavy atom. The highest BCUT2D eigenvalue weighted by molar-refractivity contribution is 7.89. The van der Waals surface area contributed by atoms with Crippen LogP contribution in [-0.2, 0) is 24.4 Å². The van der Waals surface area contributed by atoms with Crippen molar-refractivity contribution < 1.29 is 32.6 Å². The lowest BCUT2D eigenvalue weighted by Crippen LogP contribution is -2.45. The topological polar surface area (TPSA) is 118 Å². The zero-order valence-corrected chi connectivity index (χ0v) is 17.1. The predicted octanol–water partition coefficient (Wildman–Crippen LogP) is 2.02. The summed E-state index contributed by atoms with van der Waals surface area (Å²) in [5, 5.41) is 9.60. The van der Waals surface area contributed by atoms with Crippen molar-refractivity contribution in [1.29, 1.82) is 0 Å². The van der Waals surface area contributed by atoms with E-state index in [0.29, 0.717) is 18.8 Å². The normalized spacial score (nSPS) is 22.2. The number of benzene rings is 1. The largest absolute Gasteiger partial charge is 0.494 e. The number of carbonyl (C=O) groups is 3. The van der Waals surface area contributed by atoms with Crippen LogP contribution in [0.1, 0.15) is 45.4 Å². The molecule has 1 aliphatic carbocycles. The van der Waals surface area contributed by atoms with Crippen LogP contribution in [-0.4, -0.2) is 54.6 Å². The Bertz CT molecular complexity index is 891. The fraction of sp³-hybridized carbons (Fsp3) is 0.550. The maximum atomic E-state index is 13.2. The van der Waals surface area contributed by atoms with Gasteiger partial charge >= 0.3 is 5.97 Å². The third kappa shape index (κ3) is 3.93. The van der Waals surface area contributed by atoms with Crippen molar-refractivity contribution >= 4 is 27.6 Å². The number of carboxylic acid groups (broad SMARTS) is 1. The highest BCUT2D eigenvalue weighted by atomic mass is 32.2. The number of rotatable bonds is 7. The maximum Gasteiger partial charge on any atom is 0.322 e. The molecule has 1 saturated carbocycles. The number of carbonyl (C=O) groups excluding carboxylic acids is 2. The molecule has 0 radical (unpaired) electrons. The summed E-state index contributed by atoms with van der Waals surface area (Å²) in [4.78, 5) is 36.7. The molecule has 1 heterocycles. The SMILES string of the molecule is CCCCOc1ccc(S(=O)(=O)N2CC3(C[C@@H]2C(=O)O)C(=O)CCCC3=O)cc1. The van der Waals surface area contributed by atoms with Crippen LogP contribution in [0.4, 0.5) is 0 Å². The fourth-order valence-corrected chi connectivity index (χ4v) is 5.60. The molecule has 29 heavy (non-hydrogen) atoms. The molecular formula is C20H25NO7S. The van der Waals surface area contributed by atoms with Crippen LogP contribution in [0.15, 0.2) is 29.2 Å². The first kappa shape index (κ1) is 21.4. The van der Waals surface area contributed by atoms with Crippen LogP contribution in [0.5, 0.6) is 5.75 Å². The van der Waals surface area contributed by atoms with Crippen molar-refractivity contribution in [2.75, 3.05) is 13.2 Å². The molecule has 0 unspecified atom stereocenters. The molecule has 1 aromatic rings. The predicted molar refractivity (Wildman–Crippen MR) is 103 cm³/mol.